The summed E-state index contributed by atoms with van der Waals surface area (Å²) in [6.07, 6.45) is 10.1. The zero-order valence-corrected chi connectivity index (χ0v) is 10.4. The van der Waals surface area contributed by atoms with Gasteiger partial charge in [-0.15, -0.1) is 0 Å². The van der Waals surface area contributed by atoms with Crippen molar-refractivity contribution in [3.8, 4) is 0 Å². The number of unbranched alkanes of at least 4 members (excludes halogenated alkanes) is 5. The van der Waals surface area contributed by atoms with Gasteiger partial charge < -0.3 is 9.47 Å². The van der Waals surface area contributed by atoms with Crippen LogP contribution in [0, 0.1) is 0 Å². The molecule has 0 aromatic carbocycles. The summed E-state index contributed by atoms with van der Waals surface area (Å²) in [5, 5.41) is 0. The third-order valence-electron chi connectivity index (χ3n) is 3.09. The van der Waals surface area contributed by atoms with Crippen LogP contribution in [-0.2, 0) is 9.47 Å². The normalized spacial score (nSPS) is 20.4. The van der Waals surface area contributed by atoms with Gasteiger partial charge in [0, 0.05) is 6.42 Å². The monoisotopic (exact) mass is 214 g/mol. The summed E-state index contributed by atoms with van der Waals surface area (Å²) in [6, 6.07) is 0. The lowest BCUT2D eigenvalue weighted by atomic mass is 10.1. The minimum Gasteiger partial charge on any atom is -0.350 e. The van der Waals surface area contributed by atoms with Gasteiger partial charge in [0.25, 0.3) is 0 Å². The predicted octanol–water partition coefficient (Wildman–Crippen LogP) is 3.89. The second-order valence-electron chi connectivity index (χ2n) is 4.70. The summed E-state index contributed by atoms with van der Waals surface area (Å²) in [4.78, 5) is 0. The maximum absolute atomic E-state index is 5.67. The Morgan fingerprint density at radius 3 is 2.20 bits per heavy atom. The van der Waals surface area contributed by atoms with Crippen molar-refractivity contribution in [1.82, 2.24) is 0 Å². The van der Waals surface area contributed by atoms with Gasteiger partial charge in [-0.1, -0.05) is 39.0 Å². The Labute approximate surface area is 94.3 Å². The van der Waals surface area contributed by atoms with Crippen LogP contribution in [0.2, 0.25) is 0 Å². The van der Waals surface area contributed by atoms with E-state index in [1.807, 2.05) is 0 Å². The van der Waals surface area contributed by atoms with Crippen LogP contribution in [0.3, 0.4) is 0 Å². The van der Waals surface area contributed by atoms with Crippen LogP contribution in [0.25, 0.3) is 0 Å². The van der Waals surface area contributed by atoms with E-state index in [-0.39, 0.29) is 5.79 Å². The summed E-state index contributed by atoms with van der Waals surface area (Å²) in [6.45, 7) is 6.07. The highest BCUT2D eigenvalue weighted by molar-refractivity contribution is 4.66. The fourth-order valence-electron chi connectivity index (χ4n) is 2.05. The molecule has 1 fully saturated rings. The minimum absolute atomic E-state index is 0.275. The molecule has 0 unspecified atom stereocenters. The van der Waals surface area contributed by atoms with Crippen LogP contribution < -0.4 is 0 Å². The van der Waals surface area contributed by atoms with Gasteiger partial charge in [-0.2, -0.15) is 0 Å². The largest absolute Gasteiger partial charge is 0.350 e. The van der Waals surface area contributed by atoms with E-state index in [1.165, 1.54) is 38.5 Å². The van der Waals surface area contributed by atoms with Crippen molar-refractivity contribution < 1.29 is 9.47 Å². The molecule has 0 atom stereocenters. The third-order valence-corrected chi connectivity index (χ3v) is 3.09. The molecule has 2 nitrogen and oxygen atoms in total. The molecule has 15 heavy (non-hydrogen) atoms. The SMILES string of the molecule is CCCCCCCCC1(C)OCCCO1. The lowest BCUT2D eigenvalue weighted by Gasteiger charge is -2.34. The van der Waals surface area contributed by atoms with Gasteiger partial charge in [0.15, 0.2) is 5.79 Å². The molecule has 0 radical (unpaired) electrons. The fraction of sp³-hybridized carbons (Fsp3) is 1.00. The molecular weight excluding hydrogens is 188 g/mol. The first-order valence-corrected chi connectivity index (χ1v) is 6.55. The van der Waals surface area contributed by atoms with Crippen molar-refractivity contribution in [2.45, 2.75) is 71.0 Å². The molecule has 0 spiro atoms. The van der Waals surface area contributed by atoms with E-state index in [2.05, 4.69) is 13.8 Å². The number of hydrogen-bond donors (Lipinski definition) is 0. The smallest absolute Gasteiger partial charge is 0.165 e. The highest BCUT2D eigenvalue weighted by Crippen LogP contribution is 2.24. The first-order valence-electron chi connectivity index (χ1n) is 6.55. The van der Waals surface area contributed by atoms with Gasteiger partial charge in [0.05, 0.1) is 13.2 Å². The molecule has 1 saturated heterocycles. The van der Waals surface area contributed by atoms with Crippen molar-refractivity contribution >= 4 is 0 Å². The van der Waals surface area contributed by atoms with Crippen LogP contribution in [0.4, 0.5) is 0 Å². The molecule has 0 aromatic rings. The molecule has 0 aromatic heterocycles. The molecule has 90 valence electrons. The van der Waals surface area contributed by atoms with Gasteiger partial charge in [-0.05, 0) is 19.8 Å². The molecule has 0 amide bonds. The summed E-state index contributed by atoms with van der Waals surface area (Å²) >= 11 is 0. The van der Waals surface area contributed by atoms with E-state index in [0.29, 0.717) is 0 Å². The summed E-state index contributed by atoms with van der Waals surface area (Å²) < 4.78 is 11.3. The molecule has 1 rings (SSSR count). The van der Waals surface area contributed by atoms with Gasteiger partial charge >= 0.3 is 0 Å². The summed E-state index contributed by atoms with van der Waals surface area (Å²) in [7, 11) is 0. The van der Waals surface area contributed by atoms with Crippen molar-refractivity contribution in [1.29, 1.82) is 0 Å². The minimum atomic E-state index is -0.275. The second-order valence-corrected chi connectivity index (χ2v) is 4.70. The summed E-state index contributed by atoms with van der Waals surface area (Å²) in [5.41, 5.74) is 0. The van der Waals surface area contributed by atoms with Crippen molar-refractivity contribution in [3.05, 3.63) is 0 Å². The molecule has 0 bridgehead atoms. The maximum atomic E-state index is 5.67. The van der Waals surface area contributed by atoms with E-state index < -0.39 is 0 Å². The Hall–Kier alpha value is -0.0800. The van der Waals surface area contributed by atoms with Crippen LogP contribution in [0.5, 0.6) is 0 Å². The van der Waals surface area contributed by atoms with Crippen molar-refractivity contribution in [3.63, 3.8) is 0 Å². The standard InChI is InChI=1S/C13H26O2/c1-3-4-5-6-7-8-10-13(2)14-11-9-12-15-13/h3-12H2,1-2H3. The van der Waals surface area contributed by atoms with Crippen LogP contribution in [0.1, 0.15) is 65.2 Å². The van der Waals surface area contributed by atoms with Gasteiger partial charge in [-0.25, -0.2) is 0 Å². The zero-order valence-electron chi connectivity index (χ0n) is 10.4. The van der Waals surface area contributed by atoms with E-state index >= 15 is 0 Å². The number of ether oxygens (including phenoxy) is 2. The van der Waals surface area contributed by atoms with Crippen LogP contribution in [0.15, 0.2) is 0 Å². The molecule has 1 aliphatic heterocycles. The zero-order chi connectivity index (χ0) is 11.0. The lowest BCUT2D eigenvalue weighted by Crippen LogP contribution is -2.37. The molecule has 0 aliphatic carbocycles. The predicted molar refractivity (Wildman–Crippen MR) is 62.9 cm³/mol. The van der Waals surface area contributed by atoms with Gasteiger partial charge in [0.1, 0.15) is 0 Å². The highest BCUT2D eigenvalue weighted by atomic mass is 16.7. The molecule has 0 N–H and O–H groups in total. The van der Waals surface area contributed by atoms with E-state index in [4.69, 9.17) is 9.47 Å². The Kier molecular flexibility index (Phi) is 6.26. The number of rotatable bonds is 7. The Morgan fingerprint density at radius 1 is 0.933 bits per heavy atom. The maximum Gasteiger partial charge on any atom is 0.165 e. The second kappa shape index (κ2) is 7.24. The third kappa shape index (κ3) is 5.53. The van der Waals surface area contributed by atoms with Crippen LogP contribution in [-0.4, -0.2) is 19.0 Å². The quantitative estimate of drug-likeness (QED) is 0.599. The number of hydrogen-bond acceptors (Lipinski definition) is 2. The Morgan fingerprint density at radius 2 is 1.53 bits per heavy atom. The lowest BCUT2D eigenvalue weighted by molar-refractivity contribution is -0.259. The average molecular weight is 214 g/mol. The fourth-order valence-corrected chi connectivity index (χ4v) is 2.05. The topological polar surface area (TPSA) is 18.5 Å². The van der Waals surface area contributed by atoms with Crippen molar-refractivity contribution in [2.75, 3.05) is 13.2 Å². The van der Waals surface area contributed by atoms with E-state index in [0.717, 1.165) is 26.1 Å². The van der Waals surface area contributed by atoms with E-state index in [9.17, 15) is 0 Å². The van der Waals surface area contributed by atoms with Crippen molar-refractivity contribution in [2.24, 2.45) is 0 Å². The Bertz CT molecular complexity index is 151. The first kappa shape index (κ1) is 13.0. The highest BCUT2D eigenvalue weighted by Gasteiger charge is 2.27. The molecular formula is C13H26O2. The molecule has 1 heterocycles. The summed E-state index contributed by atoms with van der Waals surface area (Å²) in [5.74, 6) is -0.275. The first-order chi connectivity index (χ1) is 7.27. The van der Waals surface area contributed by atoms with Gasteiger partial charge in [-0.3, -0.25) is 0 Å². The molecule has 0 saturated carbocycles. The Balaban J connectivity index is 1.98. The average Bonchev–Trinajstić information content (AvgIpc) is 2.24. The molecule has 1 aliphatic rings. The molecule has 2 heteroatoms. The van der Waals surface area contributed by atoms with E-state index in [1.54, 1.807) is 0 Å². The van der Waals surface area contributed by atoms with Crippen LogP contribution >= 0.6 is 0 Å². The van der Waals surface area contributed by atoms with Gasteiger partial charge in [0.2, 0.25) is 0 Å².